The van der Waals surface area contributed by atoms with Gasteiger partial charge in [0.1, 0.15) is 11.9 Å². The Morgan fingerprint density at radius 3 is 2.64 bits per heavy atom. The molecule has 0 radical (unpaired) electrons. The van der Waals surface area contributed by atoms with Crippen molar-refractivity contribution in [3.05, 3.63) is 71.5 Å². The molecule has 0 fully saturated rings. The number of nitrogens with zero attached hydrogens (tertiary/aromatic N) is 3. The van der Waals surface area contributed by atoms with Crippen molar-refractivity contribution < 1.29 is 36.2 Å². The number of carbonyl (C=O) groups is 1. The first-order valence-corrected chi connectivity index (χ1v) is 12.3. The fourth-order valence-corrected chi connectivity index (χ4v) is 5.33. The predicted octanol–water partition coefficient (Wildman–Crippen LogP) is 4.43. The van der Waals surface area contributed by atoms with Gasteiger partial charge in [-0.3, -0.25) is 13.8 Å². The summed E-state index contributed by atoms with van der Waals surface area (Å²) in [5.74, 6) is -0.891. The predicted molar refractivity (Wildman–Crippen MR) is 126 cm³/mol. The van der Waals surface area contributed by atoms with Gasteiger partial charge >= 0.3 is 12.1 Å². The smallest absolute Gasteiger partial charge is 0.416 e. The lowest BCUT2D eigenvalue weighted by Crippen LogP contribution is -2.43. The van der Waals surface area contributed by atoms with Crippen molar-refractivity contribution in [2.24, 2.45) is 7.05 Å². The fourth-order valence-electron chi connectivity index (χ4n) is 3.78. The number of sulfonamides is 1. The quantitative estimate of drug-likeness (QED) is 0.494. The second kappa shape index (κ2) is 9.69. The summed E-state index contributed by atoms with van der Waals surface area (Å²) < 4.78 is 75.4. The van der Waals surface area contributed by atoms with Crippen molar-refractivity contribution in [1.29, 1.82) is 0 Å². The Kier molecular flexibility index (Phi) is 6.81. The van der Waals surface area contributed by atoms with E-state index in [0.717, 1.165) is 28.2 Å². The van der Waals surface area contributed by atoms with Crippen molar-refractivity contribution >= 4 is 33.8 Å². The van der Waals surface area contributed by atoms with E-state index in [4.69, 9.17) is 9.84 Å². The Morgan fingerprint density at radius 2 is 1.97 bits per heavy atom. The number of rotatable bonds is 7. The average molecular weight is 522 g/mol. The van der Waals surface area contributed by atoms with Crippen molar-refractivity contribution in [1.82, 2.24) is 9.78 Å². The van der Waals surface area contributed by atoms with E-state index in [1.54, 1.807) is 54.3 Å². The van der Waals surface area contributed by atoms with E-state index < -0.39 is 38.7 Å². The van der Waals surface area contributed by atoms with Crippen LogP contribution in [0.25, 0.3) is 12.2 Å². The lowest BCUT2D eigenvalue weighted by atomic mass is 10.1. The van der Waals surface area contributed by atoms with E-state index in [0.29, 0.717) is 11.6 Å². The zero-order chi connectivity index (χ0) is 26.1. The molecule has 1 atom stereocenters. The van der Waals surface area contributed by atoms with Gasteiger partial charge in [0.25, 0.3) is 10.0 Å². The molecule has 3 aromatic rings. The fraction of sp³-hybridized carbons (Fsp3) is 0.250. The second-order valence-corrected chi connectivity index (χ2v) is 10.0. The molecule has 4 rings (SSSR count). The van der Waals surface area contributed by atoms with Crippen LogP contribution in [-0.4, -0.2) is 41.9 Å². The van der Waals surface area contributed by atoms with E-state index in [1.807, 2.05) is 0 Å². The van der Waals surface area contributed by atoms with E-state index in [-0.39, 0.29) is 30.8 Å². The lowest BCUT2D eigenvalue weighted by Gasteiger charge is -2.35. The summed E-state index contributed by atoms with van der Waals surface area (Å²) in [6, 6.07) is 10.1. The van der Waals surface area contributed by atoms with Crippen LogP contribution in [-0.2, 0) is 28.0 Å². The molecule has 0 spiro atoms. The Balaban J connectivity index is 1.75. The van der Waals surface area contributed by atoms with Crippen molar-refractivity contribution in [2.75, 3.05) is 10.8 Å². The highest BCUT2D eigenvalue weighted by atomic mass is 32.2. The molecular formula is C24H22F3N3O5S. The molecule has 190 valence electrons. The molecule has 1 aromatic heterocycles. The summed E-state index contributed by atoms with van der Waals surface area (Å²) >= 11 is 0. The van der Waals surface area contributed by atoms with E-state index in [1.165, 1.54) is 0 Å². The van der Waals surface area contributed by atoms with Gasteiger partial charge in [-0.1, -0.05) is 18.2 Å². The minimum atomic E-state index is -4.72. The van der Waals surface area contributed by atoms with Gasteiger partial charge in [0.05, 0.1) is 28.4 Å². The zero-order valence-corrected chi connectivity index (χ0v) is 19.8. The lowest BCUT2D eigenvalue weighted by molar-refractivity contribution is -0.138. The number of benzene rings is 2. The highest BCUT2D eigenvalue weighted by molar-refractivity contribution is 7.92. The molecule has 36 heavy (non-hydrogen) atoms. The van der Waals surface area contributed by atoms with Crippen molar-refractivity contribution in [2.45, 2.75) is 30.0 Å². The maximum absolute atomic E-state index is 13.6. The van der Waals surface area contributed by atoms with Gasteiger partial charge in [-0.25, -0.2) is 8.42 Å². The highest BCUT2D eigenvalue weighted by Gasteiger charge is 2.37. The number of anilines is 1. The van der Waals surface area contributed by atoms with Gasteiger partial charge in [0.2, 0.25) is 0 Å². The largest absolute Gasteiger partial charge is 0.486 e. The number of alkyl halides is 3. The van der Waals surface area contributed by atoms with Crippen LogP contribution >= 0.6 is 0 Å². The minimum absolute atomic E-state index is 0.0194. The van der Waals surface area contributed by atoms with E-state index in [2.05, 4.69) is 5.10 Å². The monoisotopic (exact) mass is 521 g/mol. The second-order valence-electron chi connectivity index (χ2n) is 8.17. The van der Waals surface area contributed by atoms with Gasteiger partial charge in [-0.2, -0.15) is 18.3 Å². The van der Waals surface area contributed by atoms with Gasteiger partial charge in [-0.15, -0.1) is 0 Å². The van der Waals surface area contributed by atoms with Crippen LogP contribution in [0, 0.1) is 0 Å². The maximum atomic E-state index is 13.6. The first-order chi connectivity index (χ1) is 16.9. The number of aryl methyl sites for hydroxylation is 1. The topological polar surface area (TPSA) is 102 Å². The third-order valence-corrected chi connectivity index (χ3v) is 7.43. The van der Waals surface area contributed by atoms with Gasteiger partial charge < -0.3 is 9.84 Å². The van der Waals surface area contributed by atoms with Crippen LogP contribution in [0.1, 0.15) is 29.7 Å². The van der Waals surface area contributed by atoms with Crippen LogP contribution < -0.4 is 9.04 Å². The Bertz CT molecular complexity index is 1420. The van der Waals surface area contributed by atoms with E-state index >= 15 is 0 Å². The molecule has 0 aliphatic carbocycles. The number of carboxylic acid groups (broad SMARTS) is 1. The molecular weight excluding hydrogens is 499 g/mol. The van der Waals surface area contributed by atoms with Crippen molar-refractivity contribution in [3.63, 3.8) is 0 Å². The van der Waals surface area contributed by atoms with Crippen LogP contribution in [0.2, 0.25) is 0 Å². The summed E-state index contributed by atoms with van der Waals surface area (Å²) in [5, 5.41) is 13.1. The first kappa shape index (κ1) is 25.3. The van der Waals surface area contributed by atoms with Crippen LogP contribution in [0.15, 0.2) is 59.6 Å². The molecule has 2 heterocycles. The van der Waals surface area contributed by atoms with Crippen LogP contribution in [0.3, 0.4) is 0 Å². The zero-order valence-electron chi connectivity index (χ0n) is 19.0. The Labute approximate surface area is 205 Å². The Morgan fingerprint density at radius 1 is 1.19 bits per heavy atom. The number of carboxylic acids is 1. The number of halogens is 3. The number of ether oxygens (including phenoxy) is 1. The first-order valence-electron chi connectivity index (χ1n) is 10.8. The standard InChI is InChI=1S/C24H22F3N3O5S/c1-29-18(11-12-28-29)7-5-16-6-9-22-21(13-16)30(15-19(35-22)8-10-23(31)32)36(33,34)20-4-2-3-17(14-20)24(25,26)27/h2-7,9,11-14,19H,8,10,15H2,1H3,(H,31,32)/b7-5+/t19-/m0/s1. The summed E-state index contributed by atoms with van der Waals surface area (Å²) in [7, 11) is -2.68. The molecule has 8 nitrogen and oxygen atoms in total. The van der Waals surface area contributed by atoms with Gasteiger partial charge in [-0.05, 0) is 54.5 Å². The SMILES string of the molecule is Cn1nccc1/C=C/c1ccc2c(c1)N(S(=O)(=O)c1cccc(C(F)(F)F)c1)C[C@H](CCC(=O)O)O2. The molecule has 0 unspecified atom stereocenters. The maximum Gasteiger partial charge on any atom is 0.416 e. The third-order valence-electron chi connectivity index (χ3n) is 5.65. The number of aromatic nitrogens is 2. The molecule has 0 saturated heterocycles. The van der Waals surface area contributed by atoms with Crippen LogP contribution in [0.4, 0.5) is 18.9 Å². The number of aliphatic carboxylic acids is 1. The van der Waals surface area contributed by atoms with Gasteiger partial charge in [0, 0.05) is 19.7 Å². The van der Waals surface area contributed by atoms with Crippen LogP contribution in [0.5, 0.6) is 5.75 Å². The summed E-state index contributed by atoms with van der Waals surface area (Å²) in [4.78, 5) is 10.5. The minimum Gasteiger partial charge on any atom is -0.486 e. The molecule has 1 aliphatic rings. The average Bonchev–Trinajstić information content (AvgIpc) is 3.24. The highest BCUT2D eigenvalue weighted by Crippen LogP contribution is 2.40. The van der Waals surface area contributed by atoms with Gasteiger partial charge in [0.15, 0.2) is 0 Å². The summed E-state index contributed by atoms with van der Waals surface area (Å²) in [5.41, 5.74) is 0.469. The third kappa shape index (κ3) is 5.38. The number of fused-ring (bicyclic) bond motifs is 1. The van der Waals surface area contributed by atoms with E-state index in [9.17, 15) is 26.4 Å². The number of hydrogen-bond donors (Lipinski definition) is 1. The molecule has 0 bridgehead atoms. The Hall–Kier alpha value is -3.80. The molecule has 12 heteroatoms. The summed E-state index contributed by atoms with van der Waals surface area (Å²) in [6.45, 7) is -0.256. The molecule has 1 N–H and O–H groups in total. The molecule has 0 saturated carbocycles. The van der Waals surface area contributed by atoms with Crippen molar-refractivity contribution in [3.8, 4) is 5.75 Å². The molecule has 1 aliphatic heterocycles. The normalized spacial score (nSPS) is 16.1. The summed E-state index contributed by atoms with van der Waals surface area (Å²) in [6.07, 6.45) is -0.620. The molecule has 0 amide bonds. The number of hydrogen-bond acceptors (Lipinski definition) is 5. The molecule has 2 aromatic carbocycles.